The van der Waals surface area contributed by atoms with Gasteiger partial charge in [0.05, 0.1) is 7.11 Å². The van der Waals surface area contributed by atoms with Crippen LogP contribution in [0.4, 0.5) is 11.5 Å². The van der Waals surface area contributed by atoms with Crippen LogP contribution in [0.25, 0.3) is 0 Å². The van der Waals surface area contributed by atoms with Gasteiger partial charge in [0.25, 0.3) is 5.91 Å². The van der Waals surface area contributed by atoms with E-state index < -0.39 is 0 Å². The fourth-order valence-corrected chi connectivity index (χ4v) is 2.95. The maximum absolute atomic E-state index is 12.6. The SMILES string of the molecule is COc1ccc(CCNc2cc(C(=O)Nc3ccc(C(C)C)cc3)ccn2)cc1. The molecule has 5 nitrogen and oxygen atoms in total. The minimum atomic E-state index is -0.150. The van der Waals surface area contributed by atoms with Gasteiger partial charge >= 0.3 is 0 Å². The zero-order valence-corrected chi connectivity index (χ0v) is 17.1. The second kappa shape index (κ2) is 9.73. The van der Waals surface area contributed by atoms with E-state index in [9.17, 15) is 4.79 Å². The van der Waals surface area contributed by atoms with Crippen molar-refractivity contribution in [3.05, 3.63) is 83.6 Å². The van der Waals surface area contributed by atoms with E-state index >= 15 is 0 Å². The molecule has 3 rings (SSSR count). The number of carbonyl (C=O) groups excluding carboxylic acids is 1. The maximum Gasteiger partial charge on any atom is 0.255 e. The van der Waals surface area contributed by atoms with Crippen molar-refractivity contribution >= 4 is 17.4 Å². The fourth-order valence-electron chi connectivity index (χ4n) is 2.95. The Morgan fingerprint density at radius 3 is 2.41 bits per heavy atom. The molecule has 0 fully saturated rings. The normalized spacial score (nSPS) is 10.6. The van der Waals surface area contributed by atoms with E-state index in [0.29, 0.717) is 17.3 Å². The number of carbonyl (C=O) groups is 1. The molecule has 0 unspecified atom stereocenters. The second-order valence-corrected chi connectivity index (χ2v) is 7.19. The van der Waals surface area contributed by atoms with Crippen molar-refractivity contribution in [1.29, 1.82) is 0 Å². The number of aromatic nitrogens is 1. The van der Waals surface area contributed by atoms with Gasteiger partial charge in [-0.25, -0.2) is 4.98 Å². The van der Waals surface area contributed by atoms with Gasteiger partial charge in [-0.3, -0.25) is 4.79 Å². The summed E-state index contributed by atoms with van der Waals surface area (Å²) in [6.45, 7) is 5.02. The summed E-state index contributed by atoms with van der Waals surface area (Å²) >= 11 is 0. The van der Waals surface area contributed by atoms with Crippen LogP contribution in [0.1, 0.15) is 41.3 Å². The lowest BCUT2D eigenvalue weighted by Crippen LogP contribution is -2.13. The molecule has 1 amide bonds. The van der Waals surface area contributed by atoms with Crippen LogP contribution in [-0.2, 0) is 6.42 Å². The number of hydrogen-bond donors (Lipinski definition) is 2. The van der Waals surface area contributed by atoms with E-state index in [4.69, 9.17) is 4.74 Å². The van der Waals surface area contributed by atoms with E-state index in [-0.39, 0.29) is 5.91 Å². The molecule has 0 bridgehead atoms. The predicted molar refractivity (Wildman–Crippen MR) is 118 cm³/mol. The van der Waals surface area contributed by atoms with Crippen molar-refractivity contribution in [3.63, 3.8) is 0 Å². The molecule has 29 heavy (non-hydrogen) atoms. The second-order valence-electron chi connectivity index (χ2n) is 7.19. The first kappa shape index (κ1) is 20.4. The van der Waals surface area contributed by atoms with Gasteiger partial charge in [-0.15, -0.1) is 0 Å². The predicted octanol–water partition coefficient (Wildman–Crippen LogP) is 5.12. The highest BCUT2D eigenvalue weighted by atomic mass is 16.5. The van der Waals surface area contributed by atoms with Gasteiger partial charge in [-0.05, 0) is 59.9 Å². The van der Waals surface area contributed by atoms with Crippen LogP contribution in [-0.4, -0.2) is 24.5 Å². The lowest BCUT2D eigenvalue weighted by molar-refractivity contribution is 0.102. The van der Waals surface area contributed by atoms with Gasteiger partial charge in [0.15, 0.2) is 0 Å². The summed E-state index contributed by atoms with van der Waals surface area (Å²) < 4.78 is 5.17. The van der Waals surface area contributed by atoms with Gasteiger partial charge in [0, 0.05) is 24.0 Å². The highest BCUT2D eigenvalue weighted by Crippen LogP contribution is 2.18. The smallest absolute Gasteiger partial charge is 0.255 e. The largest absolute Gasteiger partial charge is 0.497 e. The molecule has 1 heterocycles. The van der Waals surface area contributed by atoms with Crippen molar-refractivity contribution in [2.24, 2.45) is 0 Å². The van der Waals surface area contributed by atoms with Gasteiger partial charge < -0.3 is 15.4 Å². The third-order valence-electron chi connectivity index (χ3n) is 4.74. The number of nitrogens with zero attached hydrogens (tertiary/aromatic N) is 1. The summed E-state index contributed by atoms with van der Waals surface area (Å²) in [5.41, 5.74) is 3.80. The monoisotopic (exact) mass is 389 g/mol. The Balaban J connectivity index is 1.55. The Morgan fingerprint density at radius 1 is 1.03 bits per heavy atom. The Hall–Kier alpha value is -3.34. The molecule has 0 aliphatic carbocycles. The van der Waals surface area contributed by atoms with Gasteiger partial charge in [-0.1, -0.05) is 38.1 Å². The minimum absolute atomic E-state index is 0.150. The number of benzene rings is 2. The molecule has 0 spiro atoms. The molecule has 0 saturated carbocycles. The van der Waals surface area contributed by atoms with Crippen molar-refractivity contribution in [2.75, 3.05) is 24.3 Å². The van der Waals surface area contributed by atoms with Crippen molar-refractivity contribution in [2.45, 2.75) is 26.2 Å². The highest BCUT2D eigenvalue weighted by Gasteiger charge is 2.08. The molecule has 2 aromatic carbocycles. The topological polar surface area (TPSA) is 63.2 Å². The number of anilines is 2. The summed E-state index contributed by atoms with van der Waals surface area (Å²) in [5, 5.41) is 6.22. The van der Waals surface area contributed by atoms with E-state index in [0.717, 1.165) is 24.4 Å². The van der Waals surface area contributed by atoms with Crippen LogP contribution in [0.2, 0.25) is 0 Å². The molecule has 0 atom stereocenters. The number of hydrogen-bond acceptors (Lipinski definition) is 4. The Morgan fingerprint density at radius 2 is 1.76 bits per heavy atom. The average molecular weight is 389 g/mol. The molecule has 3 aromatic rings. The van der Waals surface area contributed by atoms with Crippen LogP contribution >= 0.6 is 0 Å². The molecule has 0 aliphatic heterocycles. The summed E-state index contributed by atoms with van der Waals surface area (Å²) in [4.78, 5) is 16.9. The number of methoxy groups -OCH3 is 1. The van der Waals surface area contributed by atoms with Crippen LogP contribution in [0, 0.1) is 0 Å². The van der Waals surface area contributed by atoms with E-state index in [2.05, 4.69) is 29.5 Å². The number of rotatable bonds is 8. The highest BCUT2D eigenvalue weighted by molar-refractivity contribution is 6.04. The zero-order chi connectivity index (χ0) is 20.6. The summed E-state index contributed by atoms with van der Waals surface area (Å²) in [6.07, 6.45) is 2.50. The summed E-state index contributed by atoms with van der Waals surface area (Å²) in [5.74, 6) is 1.84. The first-order valence-corrected chi connectivity index (χ1v) is 9.79. The third kappa shape index (κ3) is 5.82. The third-order valence-corrected chi connectivity index (χ3v) is 4.74. The lowest BCUT2D eigenvalue weighted by Gasteiger charge is -2.10. The van der Waals surface area contributed by atoms with E-state index in [1.807, 2.05) is 48.5 Å². The van der Waals surface area contributed by atoms with Crippen LogP contribution in [0.15, 0.2) is 66.9 Å². The van der Waals surface area contributed by atoms with Crippen molar-refractivity contribution in [1.82, 2.24) is 4.98 Å². The first-order chi connectivity index (χ1) is 14.0. The summed E-state index contributed by atoms with van der Waals surface area (Å²) in [7, 11) is 1.66. The molecule has 0 radical (unpaired) electrons. The molecule has 0 aliphatic rings. The molecule has 150 valence electrons. The fraction of sp³-hybridized carbons (Fsp3) is 0.250. The first-order valence-electron chi connectivity index (χ1n) is 9.79. The Labute approximate surface area is 172 Å². The van der Waals surface area contributed by atoms with Gasteiger partial charge in [-0.2, -0.15) is 0 Å². The molecule has 0 saturated heterocycles. The number of nitrogens with one attached hydrogen (secondary N) is 2. The van der Waals surface area contributed by atoms with Crippen molar-refractivity contribution < 1.29 is 9.53 Å². The van der Waals surface area contributed by atoms with E-state index in [1.165, 1.54) is 11.1 Å². The van der Waals surface area contributed by atoms with Gasteiger partial charge in [0.2, 0.25) is 0 Å². The Bertz CT molecular complexity index is 935. The Kier molecular flexibility index (Phi) is 6.85. The van der Waals surface area contributed by atoms with Crippen LogP contribution < -0.4 is 15.4 Å². The summed E-state index contributed by atoms with van der Waals surface area (Å²) in [6, 6.07) is 19.4. The molecule has 5 heteroatoms. The minimum Gasteiger partial charge on any atom is -0.497 e. The number of amides is 1. The molecule has 2 N–H and O–H groups in total. The van der Waals surface area contributed by atoms with Crippen molar-refractivity contribution in [3.8, 4) is 5.75 Å². The van der Waals surface area contributed by atoms with Crippen LogP contribution in [0.3, 0.4) is 0 Å². The standard InChI is InChI=1S/C24H27N3O2/c1-17(2)19-6-8-21(9-7-19)27-24(28)20-13-15-26-23(16-20)25-14-12-18-4-10-22(29-3)11-5-18/h4-11,13,15-17H,12,14H2,1-3H3,(H,25,26)(H,27,28). The zero-order valence-electron chi connectivity index (χ0n) is 17.1. The van der Waals surface area contributed by atoms with Crippen LogP contribution in [0.5, 0.6) is 5.75 Å². The number of pyridine rings is 1. The molecular weight excluding hydrogens is 362 g/mol. The average Bonchev–Trinajstić information content (AvgIpc) is 2.75. The molecule has 1 aromatic heterocycles. The van der Waals surface area contributed by atoms with E-state index in [1.54, 1.807) is 25.4 Å². The number of ether oxygens (including phenoxy) is 1. The maximum atomic E-state index is 12.6. The van der Waals surface area contributed by atoms with Gasteiger partial charge in [0.1, 0.15) is 11.6 Å². The quantitative estimate of drug-likeness (QED) is 0.561. The molecular formula is C24H27N3O2. The lowest BCUT2D eigenvalue weighted by atomic mass is 10.0.